The lowest BCUT2D eigenvalue weighted by molar-refractivity contribution is -0.481. The molecule has 0 aliphatic heterocycles. The Morgan fingerprint density at radius 3 is 2.47 bits per heavy atom. The van der Waals surface area contributed by atoms with Crippen molar-refractivity contribution in [2.45, 2.75) is 19.3 Å². The van der Waals surface area contributed by atoms with Gasteiger partial charge in [0.2, 0.25) is 6.54 Å². The van der Waals surface area contributed by atoms with Crippen LogP contribution < -0.4 is 0 Å². The van der Waals surface area contributed by atoms with Crippen molar-refractivity contribution < 1.29 is 9.72 Å². The van der Waals surface area contributed by atoms with E-state index in [9.17, 15) is 14.9 Å². The highest BCUT2D eigenvalue weighted by Crippen LogP contribution is 2.18. The second-order valence-corrected chi connectivity index (χ2v) is 3.30. The van der Waals surface area contributed by atoms with Gasteiger partial charge >= 0.3 is 0 Å². The van der Waals surface area contributed by atoms with Crippen molar-refractivity contribution in [3.05, 3.63) is 46.0 Å². The van der Waals surface area contributed by atoms with Crippen molar-refractivity contribution in [3.8, 4) is 0 Å². The fourth-order valence-corrected chi connectivity index (χ4v) is 1.47. The number of nitro groups is 1. The first-order valence-corrected chi connectivity index (χ1v) is 4.84. The number of nitrogens with zero attached hydrogens (tertiary/aromatic N) is 1. The number of hydrogen-bond acceptors (Lipinski definition) is 3. The second kappa shape index (κ2) is 5.24. The van der Waals surface area contributed by atoms with Gasteiger partial charge in [0.25, 0.3) is 0 Å². The van der Waals surface area contributed by atoms with Crippen molar-refractivity contribution in [2.24, 2.45) is 0 Å². The molecule has 1 unspecified atom stereocenters. The minimum atomic E-state index is -0.605. The highest BCUT2D eigenvalue weighted by atomic mass is 16.6. The summed E-state index contributed by atoms with van der Waals surface area (Å²) in [6.45, 7) is 1.40. The fraction of sp³-hybridized carbons (Fsp3) is 0.364. The monoisotopic (exact) mass is 207 g/mol. The average Bonchev–Trinajstić information content (AvgIpc) is 2.26. The Balaban J connectivity index is 2.91. The maximum absolute atomic E-state index is 11.5. The third-order valence-electron chi connectivity index (χ3n) is 2.27. The van der Waals surface area contributed by atoms with E-state index in [1.165, 1.54) is 0 Å². The zero-order chi connectivity index (χ0) is 11.3. The molecule has 0 heterocycles. The lowest BCUT2D eigenvalue weighted by Crippen LogP contribution is -2.20. The Morgan fingerprint density at radius 2 is 2.00 bits per heavy atom. The Bertz CT molecular complexity index is 348. The largest absolute Gasteiger partial charge is 0.299 e. The first kappa shape index (κ1) is 11.4. The molecule has 0 bridgehead atoms. The summed E-state index contributed by atoms with van der Waals surface area (Å²) >= 11 is 0. The SMILES string of the molecule is CCC(=O)C(C[N+](=O)[O-])c1ccccc1. The Labute approximate surface area is 88.1 Å². The van der Waals surface area contributed by atoms with Gasteiger partial charge in [-0.05, 0) is 5.56 Å². The highest BCUT2D eigenvalue weighted by Gasteiger charge is 2.23. The summed E-state index contributed by atoms with van der Waals surface area (Å²) in [4.78, 5) is 21.6. The maximum atomic E-state index is 11.5. The Kier molecular flexibility index (Phi) is 3.97. The molecule has 0 aromatic heterocycles. The van der Waals surface area contributed by atoms with E-state index in [4.69, 9.17) is 0 Å². The number of hydrogen-bond donors (Lipinski definition) is 0. The van der Waals surface area contributed by atoms with Gasteiger partial charge in [-0.15, -0.1) is 0 Å². The highest BCUT2D eigenvalue weighted by molar-refractivity contribution is 5.85. The van der Waals surface area contributed by atoms with Crippen LogP contribution in [0.3, 0.4) is 0 Å². The molecule has 1 aromatic rings. The lowest BCUT2D eigenvalue weighted by Gasteiger charge is -2.10. The number of carbonyl (C=O) groups is 1. The quantitative estimate of drug-likeness (QED) is 0.548. The third kappa shape index (κ3) is 3.16. The summed E-state index contributed by atoms with van der Waals surface area (Å²) in [5.41, 5.74) is 0.723. The molecular weight excluding hydrogens is 194 g/mol. The molecule has 0 aliphatic rings. The number of Topliss-reactive ketones (excluding diaryl/α,β-unsaturated/α-hetero) is 1. The fourth-order valence-electron chi connectivity index (χ4n) is 1.47. The third-order valence-corrected chi connectivity index (χ3v) is 2.27. The van der Waals surface area contributed by atoms with Gasteiger partial charge in [-0.25, -0.2) is 0 Å². The van der Waals surface area contributed by atoms with Gasteiger partial charge < -0.3 is 0 Å². The van der Waals surface area contributed by atoms with Crippen LogP contribution in [-0.4, -0.2) is 17.3 Å². The van der Waals surface area contributed by atoms with Crippen molar-refractivity contribution in [3.63, 3.8) is 0 Å². The standard InChI is InChI=1S/C11H13NO3/c1-2-11(13)10(8-12(14)15)9-6-4-3-5-7-9/h3-7,10H,2,8H2,1H3. The number of ketones is 1. The predicted octanol–water partition coefficient (Wildman–Crippen LogP) is 2.03. The molecule has 15 heavy (non-hydrogen) atoms. The zero-order valence-electron chi connectivity index (χ0n) is 8.55. The van der Waals surface area contributed by atoms with Crippen molar-refractivity contribution in [2.75, 3.05) is 6.54 Å². The van der Waals surface area contributed by atoms with E-state index in [0.29, 0.717) is 6.42 Å². The number of carbonyl (C=O) groups excluding carboxylic acids is 1. The van der Waals surface area contributed by atoms with Crippen molar-refractivity contribution in [1.29, 1.82) is 0 Å². The van der Waals surface area contributed by atoms with Crippen LogP contribution in [-0.2, 0) is 4.79 Å². The summed E-state index contributed by atoms with van der Waals surface area (Å²) in [5, 5.41) is 10.5. The molecule has 1 atom stereocenters. The average molecular weight is 207 g/mol. The topological polar surface area (TPSA) is 60.2 Å². The van der Waals surface area contributed by atoms with E-state index in [2.05, 4.69) is 0 Å². The predicted molar refractivity (Wildman–Crippen MR) is 56.3 cm³/mol. The van der Waals surface area contributed by atoms with Crippen LogP contribution in [0.25, 0.3) is 0 Å². The van der Waals surface area contributed by atoms with Crippen molar-refractivity contribution in [1.82, 2.24) is 0 Å². The van der Waals surface area contributed by atoms with Crippen molar-refractivity contribution >= 4 is 5.78 Å². The smallest absolute Gasteiger partial charge is 0.217 e. The van der Waals surface area contributed by atoms with Crippen LogP contribution in [0.4, 0.5) is 0 Å². The maximum Gasteiger partial charge on any atom is 0.217 e. The first-order chi connectivity index (χ1) is 7.15. The Hall–Kier alpha value is -1.71. The summed E-state index contributed by atoms with van der Waals surface area (Å²) in [6, 6.07) is 8.89. The van der Waals surface area contributed by atoms with Gasteiger partial charge in [0.1, 0.15) is 11.7 Å². The van der Waals surface area contributed by atoms with Gasteiger partial charge in [-0.2, -0.15) is 0 Å². The van der Waals surface area contributed by atoms with E-state index in [1.807, 2.05) is 6.07 Å². The number of benzene rings is 1. The lowest BCUT2D eigenvalue weighted by atomic mass is 9.93. The Morgan fingerprint density at radius 1 is 1.40 bits per heavy atom. The zero-order valence-corrected chi connectivity index (χ0v) is 8.55. The second-order valence-electron chi connectivity index (χ2n) is 3.30. The molecule has 0 N–H and O–H groups in total. The summed E-state index contributed by atoms with van der Waals surface area (Å²) in [7, 11) is 0. The number of rotatable bonds is 5. The summed E-state index contributed by atoms with van der Waals surface area (Å²) < 4.78 is 0. The molecule has 80 valence electrons. The van der Waals surface area contributed by atoms with Crippen LogP contribution in [0.5, 0.6) is 0 Å². The van der Waals surface area contributed by atoms with Crippen LogP contribution >= 0.6 is 0 Å². The molecule has 0 aliphatic carbocycles. The van der Waals surface area contributed by atoms with Gasteiger partial charge in [0.15, 0.2) is 0 Å². The molecule has 1 aromatic carbocycles. The first-order valence-electron chi connectivity index (χ1n) is 4.84. The van der Waals surface area contributed by atoms with E-state index < -0.39 is 10.8 Å². The molecule has 4 heteroatoms. The molecule has 0 radical (unpaired) electrons. The van der Waals surface area contributed by atoms with E-state index in [-0.39, 0.29) is 12.3 Å². The van der Waals surface area contributed by atoms with Gasteiger partial charge in [-0.3, -0.25) is 14.9 Å². The minimum Gasteiger partial charge on any atom is -0.299 e. The molecule has 1 rings (SSSR count). The van der Waals surface area contributed by atoms with Crippen LogP contribution in [0.2, 0.25) is 0 Å². The molecular formula is C11H13NO3. The van der Waals surface area contributed by atoms with E-state index in [0.717, 1.165) is 5.56 Å². The van der Waals surface area contributed by atoms with Gasteiger partial charge in [0.05, 0.1) is 0 Å². The van der Waals surface area contributed by atoms with E-state index >= 15 is 0 Å². The van der Waals surface area contributed by atoms with E-state index in [1.54, 1.807) is 31.2 Å². The molecule has 4 nitrogen and oxygen atoms in total. The summed E-state index contributed by atoms with van der Waals surface area (Å²) in [6.07, 6.45) is 0.327. The van der Waals surface area contributed by atoms with Crippen LogP contribution in [0, 0.1) is 10.1 Å². The van der Waals surface area contributed by atoms with Crippen LogP contribution in [0.15, 0.2) is 30.3 Å². The summed E-state index contributed by atoms with van der Waals surface area (Å²) in [5.74, 6) is -0.691. The normalized spacial score (nSPS) is 12.1. The molecule has 0 spiro atoms. The molecule has 0 amide bonds. The molecule has 0 fully saturated rings. The molecule has 0 saturated heterocycles. The van der Waals surface area contributed by atoms with Gasteiger partial charge in [-0.1, -0.05) is 37.3 Å². The van der Waals surface area contributed by atoms with Crippen LogP contribution in [0.1, 0.15) is 24.8 Å². The minimum absolute atomic E-state index is 0.0853. The van der Waals surface area contributed by atoms with Gasteiger partial charge in [0, 0.05) is 11.3 Å². The molecule has 0 saturated carbocycles.